The maximum atomic E-state index is 11.5. The highest BCUT2D eigenvalue weighted by molar-refractivity contribution is 5.81. The molecule has 1 saturated carbocycles. The van der Waals surface area contributed by atoms with Gasteiger partial charge in [0.15, 0.2) is 0 Å². The summed E-state index contributed by atoms with van der Waals surface area (Å²) in [6.07, 6.45) is 3.14. The first-order valence-electron chi connectivity index (χ1n) is 6.09. The summed E-state index contributed by atoms with van der Waals surface area (Å²) in [4.78, 5) is 11.5. The minimum Gasteiger partial charge on any atom is -0.356 e. The lowest BCUT2D eigenvalue weighted by atomic mass is 10.1. The number of benzene rings is 1. The summed E-state index contributed by atoms with van der Waals surface area (Å²) >= 11 is 0. The van der Waals surface area contributed by atoms with Crippen molar-refractivity contribution < 1.29 is 4.79 Å². The number of rotatable bonds is 5. The van der Waals surface area contributed by atoms with Crippen molar-refractivity contribution >= 4 is 5.91 Å². The topological polar surface area (TPSA) is 29.1 Å². The van der Waals surface area contributed by atoms with Crippen LogP contribution in [-0.2, 0) is 11.2 Å². The van der Waals surface area contributed by atoms with Crippen LogP contribution in [0.3, 0.4) is 0 Å². The van der Waals surface area contributed by atoms with Gasteiger partial charge in [-0.15, -0.1) is 0 Å². The van der Waals surface area contributed by atoms with Gasteiger partial charge < -0.3 is 5.32 Å². The molecule has 0 radical (unpaired) electrons. The second-order valence-electron chi connectivity index (χ2n) is 4.70. The standard InChI is InChI=1S/C14H19NO/c1-11-10-13(11)14(16)15-9-5-8-12-6-3-2-4-7-12/h2-4,6-7,11,13H,5,8-10H2,1H3,(H,15,16)/t11-,13-/m0/s1. The molecule has 0 aliphatic heterocycles. The van der Waals surface area contributed by atoms with E-state index in [0.717, 1.165) is 25.8 Å². The Balaban J connectivity index is 1.60. The average molecular weight is 217 g/mol. The van der Waals surface area contributed by atoms with Crippen LogP contribution in [0.25, 0.3) is 0 Å². The van der Waals surface area contributed by atoms with Crippen LogP contribution in [0.15, 0.2) is 30.3 Å². The third-order valence-corrected chi connectivity index (χ3v) is 3.23. The van der Waals surface area contributed by atoms with E-state index in [1.54, 1.807) is 0 Å². The molecule has 0 unspecified atom stereocenters. The molecule has 2 rings (SSSR count). The molecular weight excluding hydrogens is 198 g/mol. The maximum absolute atomic E-state index is 11.5. The second kappa shape index (κ2) is 5.15. The van der Waals surface area contributed by atoms with E-state index in [2.05, 4.69) is 36.5 Å². The van der Waals surface area contributed by atoms with Crippen molar-refractivity contribution in [3.63, 3.8) is 0 Å². The lowest BCUT2D eigenvalue weighted by Gasteiger charge is -2.04. The Morgan fingerprint density at radius 1 is 1.38 bits per heavy atom. The molecule has 0 spiro atoms. The fourth-order valence-electron chi connectivity index (χ4n) is 1.97. The van der Waals surface area contributed by atoms with Gasteiger partial charge in [0.2, 0.25) is 5.91 Å². The zero-order valence-electron chi connectivity index (χ0n) is 9.78. The van der Waals surface area contributed by atoms with Crippen molar-refractivity contribution in [3.05, 3.63) is 35.9 Å². The molecular formula is C14H19NO. The van der Waals surface area contributed by atoms with Crippen molar-refractivity contribution in [1.29, 1.82) is 0 Å². The minimum absolute atomic E-state index is 0.251. The molecule has 2 nitrogen and oxygen atoms in total. The zero-order valence-corrected chi connectivity index (χ0v) is 9.78. The SMILES string of the molecule is C[C@H]1C[C@@H]1C(=O)NCCCc1ccccc1. The molecule has 0 bridgehead atoms. The van der Waals surface area contributed by atoms with Crippen LogP contribution >= 0.6 is 0 Å². The largest absolute Gasteiger partial charge is 0.356 e. The predicted octanol–water partition coefficient (Wildman–Crippen LogP) is 2.39. The van der Waals surface area contributed by atoms with Gasteiger partial charge in [0, 0.05) is 12.5 Å². The zero-order chi connectivity index (χ0) is 11.4. The van der Waals surface area contributed by atoms with Gasteiger partial charge in [-0.2, -0.15) is 0 Å². The normalized spacial score (nSPS) is 22.8. The minimum atomic E-state index is 0.251. The Bertz CT molecular complexity index is 347. The van der Waals surface area contributed by atoms with Crippen LogP contribution in [0.4, 0.5) is 0 Å². The van der Waals surface area contributed by atoms with E-state index in [9.17, 15) is 4.79 Å². The molecule has 1 aromatic carbocycles. The number of nitrogens with one attached hydrogen (secondary N) is 1. The average Bonchev–Trinajstić information content (AvgIpc) is 3.03. The first-order chi connectivity index (χ1) is 7.77. The summed E-state index contributed by atoms with van der Waals surface area (Å²) in [5.41, 5.74) is 1.34. The Morgan fingerprint density at radius 3 is 2.69 bits per heavy atom. The third kappa shape index (κ3) is 3.09. The van der Waals surface area contributed by atoms with Crippen molar-refractivity contribution in [2.45, 2.75) is 26.2 Å². The van der Waals surface area contributed by atoms with E-state index < -0.39 is 0 Å². The Labute approximate surface area is 97.1 Å². The molecule has 0 saturated heterocycles. The first-order valence-corrected chi connectivity index (χ1v) is 6.09. The molecule has 0 aromatic heterocycles. The Morgan fingerprint density at radius 2 is 2.06 bits per heavy atom. The van der Waals surface area contributed by atoms with Gasteiger partial charge >= 0.3 is 0 Å². The van der Waals surface area contributed by atoms with Gasteiger partial charge in [-0.3, -0.25) is 4.79 Å². The second-order valence-corrected chi connectivity index (χ2v) is 4.70. The van der Waals surface area contributed by atoms with Gasteiger partial charge in [0.1, 0.15) is 0 Å². The van der Waals surface area contributed by atoms with Crippen LogP contribution in [0.5, 0.6) is 0 Å². The van der Waals surface area contributed by atoms with E-state index in [-0.39, 0.29) is 5.91 Å². The highest BCUT2D eigenvalue weighted by atomic mass is 16.2. The van der Waals surface area contributed by atoms with Gasteiger partial charge in [0.25, 0.3) is 0 Å². The van der Waals surface area contributed by atoms with Crippen LogP contribution < -0.4 is 5.32 Å². The number of carbonyl (C=O) groups is 1. The van der Waals surface area contributed by atoms with Gasteiger partial charge in [-0.25, -0.2) is 0 Å². The van der Waals surface area contributed by atoms with E-state index in [1.165, 1.54) is 5.56 Å². The third-order valence-electron chi connectivity index (χ3n) is 3.23. The molecule has 0 heterocycles. The number of hydrogen-bond acceptors (Lipinski definition) is 1. The van der Waals surface area contributed by atoms with Crippen molar-refractivity contribution in [2.24, 2.45) is 11.8 Å². The van der Waals surface area contributed by atoms with Gasteiger partial charge in [-0.05, 0) is 30.7 Å². The number of carbonyl (C=O) groups excluding carboxylic acids is 1. The van der Waals surface area contributed by atoms with Crippen LogP contribution in [0.2, 0.25) is 0 Å². The lowest BCUT2D eigenvalue weighted by molar-refractivity contribution is -0.122. The van der Waals surface area contributed by atoms with Crippen molar-refractivity contribution in [3.8, 4) is 0 Å². The quantitative estimate of drug-likeness (QED) is 0.754. The smallest absolute Gasteiger partial charge is 0.223 e. The molecule has 16 heavy (non-hydrogen) atoms. The van der Waals surface area contributed by atoms with Crippen LogP contribution in [0.1, 0.15) is 25.3 Å². The molecule has 1 aliphatic carbocycles. The van der Waals surface area contributed by atoms with Crippen molar-refractivity contribution in [1.82, 2.24) is 5.32 Å². The summed E-state index contributed by atoms with van der Waals surface area (Å²) in [6.45, 7) is 2.94. The summed E-state index contributed by atoms with van der Waals surface area (Å²) < 4.78 is 0. The monoisotopic (exact) mass is 217 g/mol. The number of aryl methyl sites for hydroxylation is 1. The van der Waals surface area contributed by atoms with Crippen LogP contribution in [-0.4, -0.2) is 12.5 Å². The van der Waals surface area contributed by atoms with Gasteiger partial charge in [0.05, 0.1) is 0 Å². The van der Waals surface area contributed by atoms with E-state index in [4.69, 9.17) is 0 Å². The van der Waals surface area contributed by atoms with E-state index >= 15 is 0 Å². The summed E-state index contributed by atoms with van der Waals surface area (Å²) in [5.74, 6) is 1.16. The lowest BCUT2D eigenvalue weighted by Crippen LogP contribution is -2.26. The molecule has 1 amide bonds. The first kappa shape index (κ1) is 11.2. The van der Waals surface area contributed by atoms with Gasteiger partial charge in [-0.1, -0.05) is 37.3 Å². The summed E-state index contributed by atoms with van der Waals surface area (Å²) in [7, 11) is 0. The molecule has 1 fully saturated rings. The molecule has 1 aromatic rings. The molecule has 2 heteroatoms. The van der Waals surface area contributed by atoms with E-state index in [0.29, 0.717) is 11.8 Å². The Kier molecular flexibility index (Phi) is 3.60. The molecule has 2 atom stereocenters. The molecule has 1 aliphatic rings. The highest BCUT2D eigenvalue weighted by Gasteiger charge is 2.38. The number of amides is 1. The summed E-state index contributed by atoms with van der Waals surface area (Å²) in [6, 6.07) is 10.4. The summed E-state index contributed by atoms with van der Waals surface area (Å²) in [5, 5.41) is 3.01. The maximum Gasteiger partial charge on any atom is 0.223 e. The fraction of sp³-hybridized carbons (Fsp3) is 0.500. The predicted molar refractivity (Wildman–Crippen MR) is 65.0 cm³/mol. The van der Waals surface area contributed by atoms with E-state index in [1.807, 2.05) is 6.07 Å². The van der Waals surface area contributed by atoms with Crippen LogP contribution in [0, 0.1) is 11.8 Å². The highest BCUT2D eigenvalue weighted by Crippen LogP contribution is 2.37. The Hall–Kier alpha value is -1.31. The number of hydrogen-bond donors (Lipinski definition) is 1. The van der Waals surface area contributed by atoms with Crippen molar-refractivity contribution in [2.75, 3.05) is 6.54 Å². The molecule has 1 N–H and O–H groups in total. The molecule has 86 valence electrons. The fourth-order valence-corrected chi connectivity index (χ4v) is 1.97.